The lowest BCUT2D eigenvalue weighted by atomic mass is 10.0. The fraction of sp³-hybridized carbons (Fsp3) is 0.280. The molecule has 2 N–H and O–H groups in total. The van der Waals surface area contributed by atoms with Crippen LogP contribution in [0.1, 0.15) is 41.6 Å². The topological polar surface area (TPSA) is 91.4 Å². The number of amides is 1. The van der Waals surface area contributed by atoms with Crippen molar-refractivity contribution in [1.82, 2.24) is 10.3 Å². The van der Waals surface area contributed by atoms with Gasteiger partial charge in [0.2, 0.25) is 5.91 Å². The maximum atomic E-state index is 13.7. The first-order chi connectivity index (χ1) is 16.3. The van der Waals surface area contributed by atoms with Gasteiger partial charge in [0, 0.05) is 19.3 Å². The predicted molar refractivity (Wildman–Crippen MR) is 128 cm³/mol. The molecular formula is C25H25FN4O3S. The number of hydrogen-bond donors (Lipinski definition) is 2. The third-order valence-electron chi connectivity index (χ3n) is 6.43. The highest BCUT2D eigenvalue weighted by atomic mass is 32.2. The summed E-state index contributed by atoms with van der Waals surface area (Å²) in [5.74, 6) is -0.0710. The summed E-state index contributed by atoms with van der Waals surface area (Å²) >= 11 is 0. The molecule has 1 unspecified atom stereocenters. The highest BCUT2D eigenvalue weighted by Gasteiger charge is 2.30. The maximum absolute atomic E-state index is 13.7. The fourth-order valence-electron chi connectivity index (χ4n) is 4.77. The molecule has 3 heterocycles. The quantitative estimate of drug-likeness (QED) is 0.578. The highest BCUT2D eigenvalue weighted by Crippen LogP contribution is 2.36. The van der Waals surface area contributed by atoms with Gasteiger partial charge in [0.15, 0.2) is 9.84 Å². The van der Waals surface area contributed by atoms with Crippen molar-refractivity contribution in [2.75, 3.05) is 23.0 Å². The number of hydrogen-bond acceptors (Lipinski definition) is 6. The fourth-order valence-corrected chi connectivity index (χ4v) is 5.44. The normalized spacial score (nSPS) is 19.8. The summed E-state index contributed by atoms with van der Waals surface area (Å²) in [6.07, 6.45) is 4.84. The number of pyridine rings is 1. The zero-order valence-corrected chi connectivity index (χ0v) is 19.5. The molecule has 0 saturated carbocycles. The van der Waals surface area contributed by atoms with E-state index in [1.54, 1.807) is 36.5 Å². The molecular weight excluding hydrogens is 455 g/mol. The molecule has 176 valence electrons. The number of halogens is 1. The summed E-state index contributed by atoms with van der Waals surface area (Å²) in [6, 6.07) is 14.7. The molecule has 0 aliphatic carbocycles. The van der Waals surface area contributed by atoms with E-state index in [2.05, 4.69) is 20.5 Å². The average Bonchev–Trinajstić information content (AvgIpc) is 3.46. The summed E-state index contributed by atoms with van der Waals surface area (Å²) in [6.45, 7) is 1.27. The monoisotopic (exact) mass is 480 g/mol. The first-order valence-electron chi connectivity index (χ1n) is 11.1. The summed E-state index contributed by atoms with van der Waals surface area (Å²) in [5, 5.41) is 5.97. The lowest BCUT2D eigenvalue weighted by Crippen LogP contribution is -2.28. The van der Waals surface area contributed by atoms with Crippen molar-refractivity contribution in [3.63, 3.8) is 0 Å². The van der Waals surface area contributed by atoms with Gasteiger partial charge in [0.05, 0.1) is 22.8 Å². The number of nitrogens with zero attached hydrogens (tertiary/aromatic N) is 2. The van der Waals surface area contributed by atoms with Crippen molar-refractivity contribution in [3.8, 4) is 0 Å². The van der Waals surface area contributed by atoms with Crippen molar-refractivity contribution in [3.05, 3.63) is 83.3 Å². The van der Waals surface area contributed by atoms with Crippen LogP contribution in [-0.2, 0) is 21.2 Å². The first-order valence-corrected chi connectivity index (χ1v) is 13.0. The van der Waals surface area contributed by atoms with Gasteiger partial charge in [0.25, 0.3) is 0 Å². The third-order valence-corrected chi connectivity index (χ3v) is 7.54. The van der Waals surface area contributed by atoms with Crippen LogP contribution in [-0.4, -0.2) is 32.1 Å². The van der Waals surface area contributed by atoms with Gasteiger partial charge in [-0.25, -0.2) is 17.8 Å². The Kier molecular flexibility index (Phi) is 5.83. The van der Waals surface area contributed by atoms with Crippen molar-refractivity contribution >= 4 is 27.2 Å². The molecule has 2 aliphatic rings. The maximum Gasteiger partial charge on any atom is 0.247 e. The standard InChI is InChI=1S/C25H25FN4O3S/c1-34(32,33)20-8-9-21-17(13-20)14-28-24(21)25(31)29-23-10-7-19(15-27-23)30-11-3-6-22(30)16-4-2-5-18(26)12-16/h2,4-5,7-10,12-13,15,22,24,28H,3,6,11,14H2,1H3,(H,27,29,31)/t22?,24-/m1/s1. The van der Waals surface area contributed by atoms with E-state index in [1.807, 2.05) is 12.1 Å². The van der Waals surface area contributed by atoms with E-state index in [9.17, 15) is 17.6 Å². The Labute approximate surface area is 197 Å². The van der Waals surface area contributed by atoms with Gasteiger partial charge in [-0.2, -0.15) is 0 Å². The van der Waals surface area contributed by atoms with Crippen molar-refractivity contribution < 1.29 is 17.6 Å². The van der Waals surface area contributed by atoms with Crippen LogP contribution < -0.4 is 15.5 Å². The number of aromatic nitrogens is 1. The van der Waals surface area contributed by atoms with Crippen molar-refractivity contribution in [1.29, 1.82) is 0 Å². The number of fused-ring (bicyclic) bond motifs is 1. The minimum atomic E-state index is -3.31. The van der Waals surface area contributed by atoms with Crippen LogP contribution in [0.15, 0.2) is 65.7 Å². The molecule has 7 nitrogen and oxygen atoms in total. The lowest BCUT2D eigenvalue weighted by molar-refractivity contribution is -0.118. The number of carbonyl (C=O) groups excluding carboxylic acids is 1. The Morgan fingerprint density at radius 1 is 1.18 bits per heavy atom. The summed E-state index contributed by atoms with van der Waals surface area (Å²) in [4.78, 5) is 19.8. The SMILES string of the molecule is CS(=O)(=O)c1ccc2c(c1)CN[C@H]2C(=O)Nc1ccc(N2CCCC2c2cccc(F)c2)cn1. The van der Waals surface area contributed by atoms with E-state index in [0.29, 0.717) is 12.4 Å². The number of nitrogens with one attached hydrogen (secondary N) is 2. The third kappa shape index (κ3) is 4.41. The summed E-state index contributed by atoms with van der Waals surface area (Å²) in [5.41, 5.74) is 3.42. The molecule has 0 radical (unpaired) electrons. The van der Waals surface area contributed by atoms with Crippen LogP contribution in [0.25, 0.3) is 0 Å². The van der Waals surface area contributed by atoms with Crippen LogP contribution in [0.5, 0.6) is 0 Å². The minimum Gasteiger partial charge on any atom is -0.363 e. The summed E-state index contributed by atoms with van der Waals surface area (Å²) < 4.78 is 37.3. The minimum absolute atomic E-state index is 0.0916. The molecule has 2 atom stereocenters. The molecule has 1 amide bonds. The Bertz CT molecular complexity index is 1340. The van der Waals surface area contributed by atoms with Gasteiger partial charge in [-0.15, -0.1) is 0 Å². The Morgan fingerprint density at radius 2 is 2.03 bits per heavy atom. The molecule has 5 rings (SSSR count). The van der Waals surface area contributed by atoms with Crippen molar-refractivity contribution in [2.45, 2.75) is 36.4 Å². The largest absolute Gasteiger partial charge is 0.363 e. The average molecular weight is 481 g/mol. The van der Waals surface area contributed by atoms with Crippen LogP contribution in [0.3, 0.4) is 0 Å². The molecule has 1 saturated heterocycles. The van der Waals surface area contributed by atoms with Crippen LogP contribution in [0.4, 0.5) is 15.9 Å². The van der Waals surface area contributed by atoms with Crippen LogP contribution in [0.2, 0.25) is 0 Å². The molecule has 3 aromatic rings. The molecule has 34 heavy (non-hydrogen) atoms. The molecule has 0 bridgehead atoms. The zero-order chi connectivity index (χ0) is 23.9. The smallest absolute Gasteiger partial charge is 0.247 e. The van der Waals surface area contributed by atoms with Crippen LogP contribution >= 0.6 is 0 Å². The molecule has 2 aliphatic heterocycles. The van der Waals surface area contributed by atoms with Gasteiger partial charge in [0.1, 0.15) is 17.7 Å². The van der Waals surface area contributed by atoms with E-state index in [0.717, 1.165) is 41.8 Å². The van der Waals surface area contributed by atoms with E-state index < -0.39 is 15.9 Å². The van der Waals surface area contributed by atoms with E-state index >= 15 is 0 Å². The van der Waals surface area contributed by atoms with Gasteiger partial charge in [-0.3, -0.25) is 10.1 Å². The number of anilines is 2. The number of benzene rings is 2. The van der Waals surface area contributed by atoms with E-state index in [-0.39, 0.29) is 22.7 Å². The Hall–Kier alpha value is -3.30. The van der Waals surface area contributed by atoms with Gasteiger partial charge < -0.3 is 10.2 Å². The molecule has 0 spiro atoms. The van der Waals surface area contributed by atoms with Gasteiger partial charge in [-0.1, -0.05) is 18.2 Å². The lowest BCUT2D eigenvalue weighted by Gasteiger charge is -2.27. The second-order valence-corrected chi connectivity index (χ2v) is 10.8. The Balaban J connectivity index is 1.29. The number of rotatable bonds is 5. The second-order valence-electron chi connectivity index (χ2n) is 8.74. The van der Waals surface area contributed by atoms with Crippen molar-refractivity contribution in [2.24, 2.45) is 0 Å². The summed E-state index contributed by atoms with van der Waals surface area (Å²) in [7, 11) is -3.31. The van der Waals surface area contributed by atoms with Gasteiger partial charge >= 0.3 is 0 Å². The predicted octanol–water partition coefficient (Wildman–Crippen LogP) is 3.75. The molecule has 2 aromatic carbocycles. The van der Waals surface area contributed by atoms with Crippen LogP contribution in [0, 0.1) is 5.82 Å². The van der Waals surface area contributed by atoms with E-state index in [1.165, 1.54) is 18.4 Å². The second kappa shape index (κ2) is 8.81. The highest BCUT2D eigenvalue weighted by molar-refractivity contribution is 7.90. The molecule has 9 heteroatoms. The molecule has 1 fully saturated rings. The van der Waals surface area contributed by atoms with Gasteiger partial charge in [-0.05, 0) is 65.9 Å². The zero-order valence-electron chi connectivity index (χ0n) is 18.7. The Morgan fingerprint density at radius 3 is 2.76 bits per heavy atom. The molecule has 1 aromatic heterocycles. The first kappa shape index (κ1) is 22.5. The number of sulfone groups is 1. The number of carbonyl (C=O) groups is 1. The van der Waals surface area contributed by atoms with E-state index in [4.69, 9.17) is 0 Å².